The lowest BCUT2D eigenvalue weighted by Gasteiger charge is -2.10. The molecule has 18 heavy (non-hydrogen) atoms. The van der Waals surface area contributed by atoms with Crippen LogP contribution in [0.2, 0.25) is 5.28 Å². The normalized spacial score (nSPS) is 10.2. The monoisotopic (exact) mass is 264 g/mol. The molecule has 2 heterocycles. The average molecular weight is 265 g/mol. The highest BCUT2D eigenvalue weighted by atomic mass is 35.5. The van der Waals surface area contributed by atoms with Crippen LogP contribution in [0.5, 0.6) is 5.88 Å². The van der Waals surface area contributed by atoms with Gasteiger partial charge in [-0.3, -0.25) is 0 Å². The van der Waals surface area contributed by atoms with E-state index in [0.717, 1.165) is 11.1 Å². The van der Waals surface area contributed by atoms with Crippen molar-refractivity contribution >= 4 is 17.4 Å². The lowest BCUT2D eigenvalue weighted by Crippen LogP contribution is -2.06. The summed E-state index contributed by atoms with van der Waals surface area (Å²) in [5, 5.41) is 3.41. The minimum atomic E-state index is 0.223. The number of ether oxygens (including phenoxy) is 1. The fourth-order valence-corrected chi connectivity index (χ4v) is 1.65. The van der Waals surface area contributed by atoms with Gasteiger partial charge in [-0.05, 0) is 24.6 Å². The van der Waals surface area contributed by atoms with Gasteiger partial charge in [0.15, 0.2) is 0 Å². The second-order valence-electron chi connectivity index (χ2n) is 3.70. The van der Waals surface area contributed by atoms with Gasteiger partial charge in [0.05, 0.1) is 7.11 Å². The van der Waals surface area contributed by atoms with Crippen LogP contribution in [0.3, 0.4) is 0 Å². The highest BCUT2D eigenvalue weighted by Crippen LogP contribution is 2.17. The molecule has 2 rings (SSSR count). The minimum absolute atomic E-state index is 0.223. The number of pyridine rings is 1. The highest BCUT2D eigenvalue weighted by molar-refractivity contribution is 6.28. The highest BCUT2D eigenvalue weighted by Gasteiger charge is 2.05. The second kappa shape index (κ2) is 5.64. The van der Waals surface area contributed by atoms with E-state index in [-0.39, 0.29) is 5.28 Å². The minimum Gasteiger partial charge on any atom is -0.481 e. The van der Waals surface area contributed by atoms with Crippen molar-refractivity contribution in [2.45, 2.75) is 13.5 Å². The molecule has 0 radical (unpaired) electrons. The molecular weight excluding hydrogens is 252 g/mol. The Hall–Kier alpha value is -1.88. The van der Waals surface area contributed by atoms with E-state index in [1.807, 2.05) is 19.1 Å². The van der Waals surface area contributed by atoms with E-state index in [9.17, 15) is 0 Å². The molecule has 6 heteroatoms. The maximum Gasteiger partial charge on any atom is 0.224 e. The Labute approximate surface area is 110 Å². The maximum absolute atomic E-state index is 5.76. The molecule has 0 saturated heterocycles. The van der Waals surface area contributed by atoms with E-state index in [2.05, 4.69) is 20.3 Å². The van der Waals surface area contributed by atoms with E-state index in [1.54, 1.807) is 19.5 Å². The molecule has 0 amide bonds. The fourth-order valence-electron chi connectivity index (χ4n) is 1.52. The first-order valence-corrected chi connectivity index (χ1v) is 5.79. The maximum atomic E-state index is 5.76. The van der Waals surface area contributed by atoms with Crippen LogP contribution in [-0.4, -0.2) is 22.1 Å². The van der Waals surface area contributed by atoms with Gasteiger partial charge in [0, 0.05) is 30.1 Å². The van der Waals surface area contributed by atoms with Gasteiger partial charge in [-0.25, -0.2) is 15.0 Å². The number of nitrogens with one attached hydrogen (secondary N) is 1. The van der Waals surface area contributed by atoms with Crippen LogP contribution < -0.4 is 10.1 Å². The molecule has 1 N–H and O–H groups in total. The molecule has 2 aromatic rings. The summed E-state index contributed by atoms with van der Waals surface area (Å²) < 4.78 is 5.18. The lowest BCUT2D eigenvalue weighted by atomic mass is 10.2. The van der Waals surface area contributed by atoms with E-state index < -0.39 is 0 Å². The van der Waals surface area contributed by atoms with Crippen molar-refractivity contribution in [3.63, 3.8) is 0 Å². The predicted octanol–water partition coefficient (Wildman–Crippen LogP) is 2.45. The quantitative estimate of drug-likeness (QED) is 0.860. The first-order valence-electron chi connectivity index (χ1n) is 5.41. The summed E-state index contributed by atoms with van der Waals surface area (Å²) in [5.74, 6) is 1.31. The number of halogens is 1. The first-order chi connectivity index (χ1) is 8.70. The largest absolute Gasteiger partial charge is 0.481 e. The second-order valence-corrected chi connectivity index (χ2v) is 4.03. The van der Waals surface area contributed by atoms with Gasteiger partial charge in [-0.15, -0.1) is 0 Å². The number of methoxy groups -OCH3 is 1. The third-order valence-corrected chi connectivity index (χ3v) is 2.61. The zero-order valence-electron chi connectivity index (χ0n) is 10.1. The number of hydrogen-bond donors (Lipinski definition) is 1. The molecule has 0 bridgehead atoms. The summed E-state index contributed by atoms with van der Waals surface area (Å²) in [6, 6.07) is 3.80. The first kappa shape index (κ1) is 12.6. The van der Waals surface area contributed by atoms with Gasteiger partial charge in [0.1, 0.15) is 5.82 Å². The SMILES string of the molecule is COc1ncccc1CNc1nc(Cl)ncc1C. The van der Waals surface area contributed by atoms with Crippen LogP contribution in [0.15, 0.2) is 24.5 Å². The van der Waals surface area contributed by atoms with Crippen molar-refractivity contribution in [1.82, 2.24) is 15.0 Å². The fraction of sp³-hybridized carbons (Fsp3) is 0.250. The predicted molar refractivity (Wildman–Crippen MR) is 69.9 cm³/mol. The molecule has 94 valence electrons. The number of nitrogens with zero attached hydrogens (tertiary/aromatic N) is 3. The molecule has 2 aromatic heterocycles. The van der Waals surface area contributed by atoms with E-state index in [4.69, 9.17) is 16.3 Å². The Morgan fingerprint density at radius 3 is 3.00 bits per heavy atom. The zero-order chi connectivity index (χ0) is 13.0. The van der Waals surface area contributed by atoms with Crippen LogP contribution >= 0.6 is 11.6 Å². The van der Waals surface area contributed by atoms with Gasteiger partial charge in [-0.1, -0.05) is 6.07 Å². The van der Waals surface area contributed by atoms with Crippen molar-refractivity contribution in [2.24, 2.45) is 0 Å². The summed E-state index contributed by atoms with van der Waals surface area (Å²) in [6.07, 6.45) is 3.37. The average Bonchev–Trinajstić information content (AvgIpc) is 2.40. The van der Waals surface area contributed by atoms with Crippen LogP contribution in [0.25, 0.3) is 0 Å². The van der Waals surface area contributed by atoms with E-state index in [1.165, 1.54) is 0 Å². The smallest absolute Gasteiger partial charge is 0.224 e. The van der Waals surface area contributed by atoms with Crippen LogP contribution in [0.1, 0.15) is 11.1 Å². The van der Waals surface area contributed by atoms with Crippen molar-refractivity contribution in [2.75, 3.05) is 12.4 Å². The molecule has 0 unspecified atom stereocenters. The Bertz CT molecular complexity index is 547. The Morgan fingerprint density at radius 1 is 1.39 bits per heavy atom. The van der Waals surface area contributed by atoms with Crippen LogP contribution in [-0.2, 0) is 6.54 Å². The van der Waals surface area contributed by atoms with Gasteiger partial charge < -0.3 is 10.1 Å². The molecule has 0 fully saturated rings. The topological polar surface area (TPSA) is 59.9 Å². The summed E-state index contributed by atoms with van der Waals surface area (Å²) in [5.41, 5.74) is 1.89. The molecule has 0 aliphatic carbocycles. The third-order valence-electron chi connectivity index (χ3n) is 2.43. The number of aromatic nitrogens is 3. The van der Waals surface area contributed by atoms with Gasteiger partial charge in [0.25, 0.3) is 0 Å². The standard InChI is InChI=1S/C12H13ClN4O/c1-8-6-16-12(13)17-10(8)15-7-9-4-3-5-14-11(9)18-2/h3-6H,7H2,1-2H3,(H,15,16,17). The van der Waals surface area contributed by atoms with Crippen LogP contribution in [0, 0.1) is 6.92 Å². The number of anilines is 1. The van der Waals surface area contributed by atoms with Crippen molar-refractivity contribution < 1.29 is 4.74 Å². The van der Waals surface area contributed by atoms with Crippen molar-refractivity contribution in [3.05, 3.63) is 40.9 Å². The molecule has 0 aliphatic rings. The molecular formula is C12H13ClN4O. The van der Waals surface area contributed by atoms with Gasteiger partial charge in [-0.2, -0.15) is 0 Å². The van der Waals surface area contributed by atoms with E-state index in [0.29, 0.717) is 18.2 Å². The van der Waals surface area contributed by atoms with Crippen molar-refractivity contribution in [1.29, 1.82) is 0 Å². The molecule has 5 nitrogen and oxygen atoms in total. The Balaban J connectivity index is 2.14. The zero-order valence-corrected chi connectivity index (χ0v) is 10.9. The summed E-state index contributed by atoms with van der Waals surface area (Å²) >= 11 is 5.76. The van der Waals surface area contributed by atoms with Crippen molar-refractivity contribution in [3.8, 4) is 5.88 Å². The lowest BCUT2D eigenvalue weighted by molar-refractivity contribution is 0.393. The van der Waals surface area contributed by atoms with Gasteiger partial charge in [0.2, 0.25) is 11.2 Å². The van der Waals surface area contributed by atoms with Crippen LogP contribution in [0.4, 0.5) is 5.82 Å². The molecule has 0 atom stereocenters. The summed E-state index contributed by atoms with van der Waals surface area (Å²) in [6.45, 7) is 2.48. The van der Waals surface area contributed by atoms with E-state index >= 15 is 0 Å². The Morgan fingerprint density at radius 2 is 2.22 bits per heavy atom. The number of aryl methyl sites for hydroxylation is 1. The van der Waals surface area contributed by atoms with Gasteiger partial charge >= 0.3 is 0 Å². The number of rotatable bonds is 4. The molecule has 0 aromatic carbocycles. The third kappa shape index (κ3) is 2.87. The molecule has 0 saturated carbocycles. The summed E-state index contributed by atoms with van der Waals surface area (Å²) in [7, 11) is 1.60. The summed E-state index contributed by atoms with van der Waals surface area (Å²) in [4.78, 5) is 12.2. The number of hydrogen-bond acceptors (Lipinski definition) is 5. The molecule has 0 aliphatic heterocycles. The molecule has 0 spiro atoms. The Kier molecular flexibility index (Phi) is 3.94.